The smallest absolute Gasteiger partial charge is 0.244 e. The van der Waals surface area contributed by atoms with Gasteiger partial charge in [0, 0.05) is 25.8 Å². The predicted molar refractivity (Wildman–Crippen MR) is 88.8 cm³/mol. The Labute approximate surface area is 138 Å². The van der Waals surface area contributed by atoms with Crippen LogP contribution in [0.1, 0.15) is 44.9 Å². The van der Waals surface area contributed by atoms with Gasteiger partial charge in [-0.3, -0.25) is 0 Å². The Morgan fingerprint density at radius 2 is 1.83 bits per heavy atom. The second-order valence-corrected chi connectivity index (χ2v) is 8.57. The maximum atomic E-state index is 12.4. The fourth-order valence-electron chi connectivity index (χ4n) is 3.36. The summed E-state index contributed by atoms with van der Waals surface area (Å²) in [6, 6.07) is 3.27. The van der Waals surface area contributed by atoms with Gasteiger partial charge >= 0.3 is 0 Å². The zero-order valence-electron chi connectivity index (χ0n) is 13.4. The predicted octanol–water partition coefficient (Wildman–Crippen LogP) is 1.97. The highest BCUT2D eigenvalue weighted by molar-refractivity contribution is 7.89. The zero-order chi connectivity index (χ0) is 16.3. The summed E-state index contributed by atoms with van der Waals surface area (Å²) in [7, 11) is -3.41. The molecule has 2 fully saturated rings. The summed E-state index contributed by atoms with van der Waals surface area (Å²) < 4.78 is 26.4. The van der Waals surface area contributed by atoms with Gasteiger partial charge in [0.25, 0.3) is 0 Å². The van der Waals surface area contributed by atoms with Crippen molar-refractivity contribution < 1.29 is 13.5 Å². The van der Waals surface area contributed by atoms with Crippen LogP contribution in [0.4, 0.5) is 5.82 Å². The molecule has 0 aromatic carbocycles. The lowest BCUT2D eigenvalue weighted by atomic mass is 9.85. The van der Waals surface area contributed by atoms with E-state index in [0.29, 0.717) is 25.5 Å². The number of rotatable bonds is 5. The van der Waals surface area contributed by atoms with Crippen molar-refractivity contribution in [1.82, 2.24) is 9.29 Å². The number of aromatic nitrogens is 1. The van der Waals surface area contributed by atoms with Crippen LogP contribution in [-0.4, -0.2) is 48.0 Å². The van der Waals surface area contributed by atoms with Gasteiger partial charge in [0.15, 0.2) is 0 Å². The molecule has 0 spiro atoms. The highest BCUT2D eigenvalue weighted by Gasteiger charge is 2.29. The molecule has 0 atom stereocenters. The molecule has 0 radical (unpaired) electrons. The minimum absolute atomic E-state index is 0.237. The van der Waals surface area contributed by atoms with Gasteiger partial charge in [0.2, 0.25) is 10.0 Å². The first-order chi connectivity index (χ1) is 11.0. The van der Waals surface area contributed by atoms with Crippen molar-refractivity contribution in [3.8, 4) is 0 Å². The molecular weight excluding hydrogens is 314 g/mol. The Kier molecular flexibility index (Phi) is 4.89. The first kappa shape index (κ1) is 16.7. The summed E-state index contributed by atoms with van der Waals surface area (Å²) in [5, 5.41) is 13.6. The van der Waals surface area contributed by atoms with E-state index in [1.807, 2.05) is 0 Å². The number of sulfonamides is 1. The van der Waals surface area contributed by atoms with E-state index in [-0.39, 0.29) is 4.90 Å². The fraction of sp³-hybridized carbons (Fsp3) is 0.688. The van der Waals surface area contributed by atoms with E-state index in [9.17, 15) is 13.5 Å². The van der Waals surface area contributed by atoms with Gasteiger partial charge in [-0.2, -0.15) is 4.31 Å². The van der Waals surface area contributed by atoms with Gasteiger partial charge in [0.05, 0.1) is 5.60 Å². The lowest BCUT2D eigenvalue weighted by molar-refractivity contribution is 0.0166. The van der Waals surface area contributed by atoms with Crippen LogP contribution in [-0.2, 0) is 10.0 Å². The van der Waals surface area contributed by atoms with Crippen molar-refractivity contribution >= 4 is 15.8 Å². The molecule has 23 heavy (non-hydrogen) atoms. The summed E-state index contributed by atoms with van der Waals surface area (Å²) >= 11 is 0. The van der Waals surface area contributed by atoms with E-state index >= 15 is 0 Å². The molecule has 0 unspecified atom stereocenters. The van der Waals surface area contributed by atoms with Crippen LogP contribution < -0.4 is 5.32 Å². The van der Waals surface area contributed by atoms with Gasteiger partial charge in [-0.25, -0.2) is 13.4 Å². The first-order valence-electron chi connectivity index (χ1n) is 8.42. The highest BCUT2D eigenvalue weighted by atomic mass is 32.2. The van der Waals surface area contributed by atoms with E-state index in [4.69, 9.17) is 0 Å². The number of aliphatic hydroxyl groups is 1. The summed E-state index contributed by atoms with van der Waals surface area (Å²) in [6.45, 7) is 1.64. The Bertz CT molecular complexity index is 618. The second-order valence-electron chi connectivity index (χ2n) is 6.63. The van der Waals surface area contributed by atoms with E-state index in [1.54, 1.807) is 12.1 Å². The molecule has 128 valence electrons. The normalized spacial score (nSPS) is 22.1. The number of anilines is 1. The molecule has 2 aliphatic rings. The molecule has 7 heteroatoms. The van der Waals surface area contributed by atoms with Crippen LogP contribution in [0, 0.1) is 0 Å². The minimum Gasteiger partial charge on any atom is -0.388 e. The average Bonchev–Trinajstić information content (AvgIpc) is 3.09. The van der Waals surface area contributed by atoms with Gasteiger partial charge < -0.3 is 10.4 Å². The van der Waals surface area contributed by atoms with Crippen LogP contribution in [0.25, 0.3) is 0 Å². The van der Waals surface area contributed by atoms with Crippen molar-refractivity contribution in [3.05, 3.63) is 18.3 Å². The molecule has 1 aromatic heterocycles. The Morgan fingerprint density at radius 3 is 2.43 bits per heavy atom. The molecule has 1 aliphatic heterocycles. The van der Waals surface area contributed by atoms with Gasteiger partial charge in [-0.15, -0.1) is 0 Å². The molecule has 1 aliphatic carbocycles. The number of nitrogens with one attached hydrogen (secondary N) is 1. The zero-order valence-corrected chi connectivity index (χ0v) is 14.2. The topological polar surface area (TPSA) is 82.5 Å². The maximum Gasteiger partial charge on any atom is 0.244 e. The van der Waals surface area contributed by atoms with Crippen molar-refractivity contribution in [2.24, 2.45) is 0 Å². The quantitative estimate of drug-likeness (QED) is 0.857. The SMILES string of the molecule is O=S(=O)(c1ccc(NCC2(O)CCCCC2)nc1)N1CCCC1. The summed E-state index contributed by atoms with van der Waals surface area (Å²) in [5.74, 6) is 0.601. The van der Waals surface area contributed by atoms with Gasteiger partial charge in [0.1, 0.15) is 10.7 Å². The minimum atomic E-state index is -3.41. The van der Waals surface area contributed by atoms with Crippen molar-refractivity contribution in [2.45, 2.75) is 55.4 Å². The third kappa shape index (κ3) is 3.84. The fourth-order valence-corrected chi connectivity index (χ4v) is 4.82. The van der Waals surface area contributed by atoms with Crippen molar-refractivity contribution in [3.63, 3.8) is 0 Å². The van der Waals surface area contributed by atoms with Crippen molar-refractivity contribution in [2.75, 3.05) is 25.0 Å². The third-order valence-electron chi connectivity index (χ3n) is 4.82. The van der Waals surface area contributed by atoms with Gasteiger partial charge in [-0.1, -0.05) is 19.3 Å². The number of pyridine rings is 1. The Balaban J connectivity index is 1.63. The molecule has 0 amide bonds. The molecule has 1 aromatic rings. The molecule has 0 bridgehead atoms. The Morgan fingerprint density at radius 1 is 1.13 bits per heavy atom. The molecule has 1 saturated heterocycles. The second kappa shape index (κ2) is 6.75. The van der Waals surface area contributed by atoms with E-state index < -0.39 is 15.6 Å². The average molecular weight is 339 g/mol. The molecule has 2 N–H and O–H groups in total. The van der Waals surface area contributed by atoms with E-state index in [1.165, 1.54) is 16.9 Å². The number of hydrogen-bond donors (Lipinski definition) is 2. The largest absolute Gasteiger partial charge is 0.388 e. The summed E-state index contributed by atoms with van der Waals surface area (Å²) in [4.78, 5) is 4.44. The summed E-state index contributed by atoms with van der Waals surface area (Å²) in [5.41, 5.74) is -0.666. The molecule has 6 nitrogen and oxygen atoms in total. The molecular formula is C16H25N3O3S. The van der Waals surface area contributed by atoms with Crippen LogP contribution in [0.3, 0.4) is 0 Å². The number of nitrogens with zero attached hydrogens (tertiary/aromatic N) is 2. The van der Waals surface area contributed by atoms with Crippen LogP contribution in [0.15, 0.2) is 23.2 Å². The maximum absolute atomic E-state index is 12.4. The van der Waals surface area contributed by atoms with Crippen LogP contribution >= 0.6 is 0 Å². The summed E-state index contributed by atoms with van der Waals surface area (Å²) in [6.07, 6.45) is 8.15. The van der Waals surface area contributed by atoms with Gasteiger partial charge in [-0.05, 0) is 37.8 Å². The number of hydrogen-bond acceptors (Lipinski definition) is 5. The Hall–Kier alpha value is -1.18. The lowest BCUT2D eigenvalue weighted by Crippen LogP contribution is -2.38. The highest BCUT2D eigenvalue weighted by Crippen LogP contribution is 2.28. The molecule has 1 saturated carbocycles. The van der Waals surface area contributed by atoms with Crippen LogP contribution in [0.5, 0.6) is 0 Å². The van der Waals surface area contributed by atoms with E-state index in [0.717, 1.165) is 38.5 Å². The first-order valence-corrected chi connectivity index (χ1v) is 9.86. The monoisotopic (exact) mass is 339 g/mol. The standard InChI is InChI=1S/C16H25N3O3S/c20-16(8-2-1-3-9-16)13-18-15-7-6-14(12-17-15)23(21,22)19-10-4-5-11-19/h6-7,12,20H,1-5,8-11,13H2,(H,17,18). The van der Waals surface area contributed by atoms with Crippen molar-refractivity contribution in [1.29, 1.82) is 0 Å². The molecule has 3 rings (SSSR count). The van der Waals surface area contributed by atoms with E-state index in [2.05, 4.69) is 10.3 Å². The molecule has 2 heterocycles. The lowest BCUT2D eigenvalue weighted by Gasteiger charge is -2.32. The van der Waals surface area contributed by atoms with Crippen LogP contribution in [0.2, 0.25) is 0 Å². The third-order valence-corrected chi connectivity index (χ3v) is 6.70.